The van der Waals surface area contributed by atoms with Crippen LogP contribution in [0, 0.1) is 6.92 Å². The normalized spacial score (nSPS) is 21.7. The monoisotopic (exact) mass is 401 g/mol. The Morgan fingerprint density at radius 3 is 2.33 bits per heavy atom. The summed E-state index contributed by atoms with van der Waals surface area (Å²) < 4.78 is 26.5. The van der Waals surface area contributed by atoms with Gasteiger partial charge in [-0.05, 0) is 37.6 Å². The highest BCUT2D eigenvalue weighted by Crippen LogP contribution is 2.37. The fourth-order valence-electron chi connectivity index (χ4n) is 3.01. The maximum atomic E-state index is 13.3. The van der Waals surface area contributed by atoms with Gasteiger partial charge in [0.2, 0.25) is 0 Å². The topological polar surface area (TPSA) is 63.6 Å². The molecule has 0 amide bonds. The third kappa shape index (κ3) is 4.33. The zero-order chi connectivity index (χ0) is 19.4. The van der Waals surface area contributed by atoms with Crippen molar-refractivity contribution in [2.75, 3.05) is 0 Å². The molecule has 0 radical (unpaired) electrons. The number of sulfone groups is 1. The van der Waals surface area contributed by atoms with Gasteiger partial charge in [-0.25, -0.2) is 13.4 Å². The first kappa shape index (κ1) is 19.8. The number of carbonyl (C=O) groups excluding carboxylic acids is 1. The minimum Gasteiger partial charge on any atom is -0.296 e. The SMILES string of the molecule is CCCC[C@H]1SC(=Nc2ccccc2)[C@@H](S(=O)(=O)c2ccc(C)cc2)C1=O. The highest BCUT2D eigenvalue weighted by atomic mass is 32.2. The number of Topliss-reactive ketones (excluding diaryl/α,β-unsaturated/α-hetero) is 1. The number of hydrogen-bond acceptors (Lipinski definition) is 5. The van der Waals surface area contributed by atoms with E-state index in [9.17, 15) is 13.2 Å². The molecule has 2 aromatic rings. The number of benzene rings is 2. The Morgan fingerprint density at radius 1 is 1.04 bits per heavy atom. The molecule has 0 aliphatic carbocycles. The molecular formula is C21H23NO3S2. The van der Waals surface area contributed by atoms with Crippen LogP contribution in [0.25, 0.3) is 0 Å². The predicted octanol–water partition coefficient (Wildman–Crippen LogP) is 4.74. The van der Waals surface area contributed by atoms with Gasteiger partial charge in [-0.1, -0.05) is 67.4 Å². The highest BCUT2D eigenvalue weighted by Gasteiger charge is 2.48. The standard InChI is InChI=1S/C21H23NO3S2/c1-3-4-10-18-19(23)20(21(26-18)22-16-8-6-5-7-9-16)27(24,25)17-13-11-15(2)12-14-17/h5-9,11-14,18,20H,3-4,10H2,1-2H3/t18-,20+/m1/s1. The molecule has 1 fully saturated rings. The van der Waals surface area contributed by atoms with E-state index in [1.165, 1.54) is 11.8 Å². The Hall–Kier alpha value is -1.92. The molecule has 6 heteroatoms. The largest absolute Gasteiger partial charge is 0.296 e. The number of para-hydroxylation sites is 1. The van der Waals surface area contributed by atoms with Crippen LogP contribution in [-0.4, -0.2) is 29.7 Å². The highest BCUT2D eigenvalue weighted by molar-refractivity contribution is 8.18. The molecule has 27 heavy (non-hydrogen) atoms. The van der Waals surface area contributed by atoms with Gasteiger partial charge in [0, 0.05) is 0 Å². The molecule has 0 spiro atoms. The Bertz CT molecular complexity index is 935. The zero-order valence-corrected chi connectivity index (χ0v) is 17.1. The van der Waals surface area contributed by atoms with Crippen molar-refractivity contribution in [1.82, 2.24) is 0 Å². The van der Waals surface area contributed by atoms with E-state index in [1.807, 2.05) is 37.3 Å². The summed E-state index contributed by atoms with van der Waals surface area (Å²) in [4.78, 5) is 17.7. The van der Waals surface area contributed by atoms with Crippen molar-refractivity contribution in [2.45, 2.75) is 48.5 Å². The molecule has 0 bridgehead atoms. The number of aryl methyl sites for hydroxylation is 1. The number of thioether (sulfide) groups is 1. The summed E-state index contributed by atoms with van der Waals surface area (Å²) in [6, 6.07) is 15.8. The first-order valence-corrected chi connectivity index (χ1v) is 11.5. The lowest BCUT2D eigenvalue weighted by atomic mass is 10.1. The second-order valence-electron chi connectivity index (χ2n) is 6.67. The van der Waals surface area contributed by atoms with Crippen LogP contribution in [-0.2, 0) is 14.6 Å². The van der Waals surface area contributed by atoms with Gasteiger partial charge in [-0.2, -0.15) is 0 Å². The van der Waals surface area contributed by atoms with Gasteiger partial charge >= 0.3 is 0 Å². The van der Waals surface area contributed by atoms with Crippen LogP contribution in [0.4, 0.5) is 5.69 Å². The van der Waals surface area contributed by atoms with Crippen molar-refractivity contribution in [1.29, 1.82) is 0 Å². The number of ketones is 1. The third-order valence-corrected chi connectivity index (χ3v) is 8.01. The van der Waals surface area contributed by atoms with Crippen LogP contribution in [0.2, 0.25) is 0 Å². The van der Waals surface area contributed by atoms with Crippen molar-refractivity contribution in [3.8, 4) is 0 Å². The zero-order valence-electron chi connectivity index (χ0n) is 15.5. The lowest BCUT2D eigenvalue weighted by Crippen LogP contribution is -2.34. The van der Waals surface area contributed by atoms with Crippen LogP contribution in [0.1, 0.15) is 31.7 Å². The molecule has 4 nitrogen and oxygen atoms in total. The maximum absolute atomic E-state index is 13.3. The van der Waals surface area contributed by atoms with E-state index in [0.717, 1.165) is 18.4 Å². The molecule has 142 valence electrons. The molecule has 0 unspecified atom stereocenters. The van der Waals surface area contributed by atoms with Gasteiger partial charge in [0.25, 0.3) is 0 Å². The maximum Gasteiger partial charge on any atom is 0.194 e. The Balaban J connectivity index is 2.03. The molecule has 0 saturated carbocycles. The van der Waals surface area contributed by atoms with Gasteiger partial charge < -0.3 is 0 Å². The number of aliphatic imine (C=N–C) groups is 1. The summed E-state index contributed by atoms with van der Waals surface area (Å²) in [5, 5.41) is -1.18. The molecule has 3 rings (SSSR count). The van der Waals surface area contributed by atoms with E-state index in [1.54, 1.807) is 24.3 Å². The van der Waals surface area contributed by atoms with Gasteiger partial charge in [0.05, 0.1) is 15.8 Å². The molecule has 1 aliphatic heterocycles. The Morgan fingerprint density at radius 2 is 1.70 bits per heavy atom. The Kier molecular flexibility index (Phi) is 6.17. The average Bonchev–Trinajstić information content (AvgIpc) is 2.97. The predicted molar refractivity (Wildman–Crippen MR) is 112 cm³/mol. The fourth-order valence-corrected chi connectivity index (χ4v) is 6.45. The summed E-state index contributed by atoms with van der Waals surface area (Å²) >= 11 is 1.31. The second kappa shape index (κ2) is 8.40. The lowest BCUT2D eigenvalue weighted by Gasteiger charge is -2.12. The van der Waals surface area contributed by atoms with Crippen molar-refractivity contribution < 1.29 is 13.2 Å². The minimum atomic E-state index is -3.83. The van der Waals surface area contributed by atoms with Crippen LogP contribution in [0.5, 0.6) is 0 Å². The van der Waals surface area contributed by atoms with E-state index in [4.69, 9.17) is 0 Å². The Labute approximate surface area is 165 Å². The third-order valence-electron chi connectivity index (χ3n) is 4.54. The molecule has 0 aromatic heterocycles. The summed E-state index contributed by atoms with van der Waals surface area (Å²) in [6.07, 6.45) is 2.53. The van der Waals surface area contributed by atoms with Gasteiger partial charge in [0.15, 0.2) is 20.9 Å². The number of nitrogens with zero attached hydrogens (tertiary/aromatic N) is 1. The lowest BCUT2D eigenvalue weighted by molar-refractivity contribution is -0.116. The average molecular weight is 402 g/mol. The summed E-state index contributed by atoms with van der Waals surface area (Å²) in [5.41, 5.74) is 1.63. The van der Waals surface area contributed by atoms with E-state index < -0.39 is 15.1 Å². The molecule has 1 saturated heterocycles. The first-order valence-electron chi connectivity index (χ1n) is 9.08. The molecule has 0 N–H and O–H groups in total. The number of unbranched alkanes of at least 4 members (excludes halogenated alkanes) is 1. The van der Waals surface area contributed by atoms with Gasteiger partial charge in [-0.3, -0.25) is 4.79 Å². The van der Waals surface area contributed by atoms with Crippen molar-refractivity contribution in [3.05, 3.63) is 60.2 Å². The molecular weight excluding hydrogens is 378 g/mol. The summed E-state index contributed by atoms with van der Waals surface area (Å²) in [5.74, 6) is -0.247. The van der Waals surface area contributed by atoms with Crippen LogP contribution in [0.15, 0.2) is 64.5 Å². The first-order chi connectivity index (χ1) is 12.9. The van der Waals surface area contributed by atoms with Gasteiger partial charge in [-0.15, -0.1) is 0 Å². The smallest absolute Gasteiger partial charge is 0.194 e. The van der Waals surface area contributed by atoms with E-state index in [0.29, 0.717) is 17.2 Å². The van der Waals surface area contributed by atoms with Crippen molar-refractivity contribution in [2.24, 2.45) is 4.99 Å². The van der Waals surface area contributed by atoms with Crippen LogP contribution in [0.3, 0.4) is 0 Å². The van der Waals surface area contributed by atoms with E-state index in [2.05, 4.69) is 11.9 Å². The second-order valence-corrected chi connectivity index (χ2v) is 9.93. The fraction of sp³-hybridized carbons (Fsp3) is 0.333. The van der Waals surface area contributed by atoms with Crippen LogP contribution >= 0.6 is 11.8 Å². The number of rotatable bonds is 6. The molecule has 2 atom stereocenters. The number of hydrogen-bond donors (Lipinski definition) is 0. The number of carbonyl (C=O) groups is 1. The summed E-state index contributed by atoms with van der Waals surface area (Å²) in [6.45, 7) is 3.96. The molecule has 1 aliphatic rings. The minimum absolute atomic E-state index is 0.170. The van der Waals surface area contributed by atoms with E-state index >= 15 is 0 Å². The van der Waals surface area contributed by atoms with Crippen molar-refractivity contribution >= 4 is 38.1 Å². The molecule has 1 heterocycles. The molecule has 2 aromatic carbocycles. The van der Waals surface area contributed by atoms with E-state index in [-0.39, 0.29) is 15.9 Å². The quantitative estimate of drug-likeness (QED) is 0.701. The van der Waals surface area contributed by atoms with Crippen molar-refractivity contribution in [3.63, 3.8) is 0 Å². The summed E-state index contributed by atoms with van der Waals surface area (Å²) in [7, 11) is -3.83. The van der Waals surface area contributed by atoms with Gasteiger partial charge in [0.1, 0.15) is 5.04 Å². The van der Waals surface area contributed by atoms with Crippen LogP contribution < -0.4 is 0 Å².